The van der Waals surface area contributed by atoms with Crippen molar-refractivity contribution in [2.45, 2.75) is 32.7 Å². The normalized spacial score (nSPS) is 14.4. The van der Waals surface area contributed by atoms with Crippen LogP contribution in [0.25, 0.3) is 17.1 Å². The van der Waals surface area contributed by atoms with E-state index in [2.05, 4.69) is 25.1 Å². The van der Waals surface area contributed by atoms with Crippen LogP contribution in [0.5, 0.6) is 11.5 Å². The minimum absolute atomic E-state index is 0.129. The van der Waals surface area contributed by atoms with Gasteiger partial charge in [-0.25, -0.2) is 14.5 Å². The van der Waals surface area contributed by atoms with Gasteiger partial charge in [-0.05, 0) is 47.4 Å². The number of ether oxygens (including phenoxy) is 2. The number of carbonyl (C=O) groups is 2. The van der Waals surface area contributed by atoms with E-state index in [9.17, 15) is 22.8 Å². The van der Waals surface area contributed by atoms with E-state index in [-0.39, 0.29) is 29.9 Å². The van der Waals surface area contributed by atoms with E-state index in [1.807, 2.05) is 26.0 Å². The van der Waals surface area contributed by atoms with E-state index in [1.165, 1.54) is 51.9 Å². The van der Waals surface area contributed by atoms with Crippen molar-refractivity contribution in [3.05, 3.63) is 84.2 Å². The molecule has 10 nitrogen and oxygen atoms in total. The third kappa shape index (κ3) is 7.19. The SMILES string of the molecule is COc1ccc(C(C)C)c(N2C(=O)CS/C2=N\C(=O)NCc2ccc(-c3ncn(-c4ccc(OC(F)(F)F)cc4)n3)cc2)c1. The van der Waals surface area contributed by atoms with Crippen molar-refractivity contribution in [2.75, 3.05) is 17.8 Å². The summed E-state index contributed by atoms with van der Waals surface area (Å²) >= 11 is 1.20. The lowest BCUT2D eigenvalue weighted by Gasteiger charge is -2.22. The molecule has 1 fully saturated rings. The minimum atomic E-state index is -4.77. The van der Waals surface area contributed by atoms with Crippen molar-refractivity contribution in [3.63, 3.8) is 0 Å². The molecule has 3 amide bonds. The van der Waals surface area contributed by atoms with Gasteiger partial charge in [0.15, 0.2) is 11.0 Å². The van der Waals surface area contributed by atoms with Crippen LogP contribution in [0.2, 0.25) is 0 Å². The van der Waals surface area contributed by atoms with Gasteiger partial charge in [-0.3, -0.25) is 9.69 Å². The van der Waals surface area contributed by atoms with Crippen LogP contribution in [0.3, 0.4) is 0 Å². The van der Waals surface area contributed by atoms with E-state index in [4.69, 9.17) is 4.74 Å². The number of halogens is 3. The number of hydrogen-bond acceptors (Lipinski definition) is 7. The fraction of sp³-hybridized carbons (Fsp3) is 0.233. The van der Waals surface area contributed by atoms with Crippen molar-refractivity contribution in [1.82, 2.24) is 20.1 Å². The molecule has 0 saturated carbocycles. The number of rotatable bonds is 8. The molecule has 3 aromatic carbocycles. The van der Waals surface area contributed by atoms with E-state index < -0.39 is 12.4 Å². The molecule has 44 heavy (non-hydrogen) atoms. The van der Waals surface area contributed by atoms with Gasteiger partial charge >= 0.3 is 12.4 Å². The smallest absolute Gasteiger partial charge is 0.497 e. The van der Waals surface area contributed by atoms with Crippen LogP contribution in [-0.4, -0.2) is 51.1 Å². The molecule has 5 rings (SSSR count). The summed E-state index contributed by atoms with van der Waals surface area (Å²) < 4.78 is 47.9. The average molecular weight is 625 g/mol. The summed E-state index contributed by atoms with van der Waals surface area (Å²) in [5.74, 6) is 0.797. The number of nitrogens with one attached hydrogen (secondary N) is 1. The third-order valence-electron chi connectivity index (χ3n) is 6.55. The van der Waals surface area contributed by atoms with E-state index in [0.717, 1.165) is 11.1 Å². The minimum Gasteiger partial charge on any atom is -0.497 e. The van der Waals surface area contributed by atoms with Crippen LogP contribution < -0.4 is 19.7 Å². The summed E-state index contributed by atoms with van der Waals surface area (Å²) in [7, 11) is 1.55. The number of alkyl halides is 3. The Labute approximate surface area is 254 Å². The van der Waals surface area contributed by atoms with Crippen molar-refractivity contribution >= 4 is 34.6 Å². The zero-order chi connectivity index (χ0) is 31.4. The van der Waals surface area contributed by atoms with Gasteiger partial charge in [0.1, 0.15) is 17.8 Å². The Balaban J connectivity index is 1.23. The van der Waals surface area contributed by atoms with Crippen LogP contribution in [0, 0.1) is 0 Å². The van der Waals surface area contributed by atoms with Gasteiger partial charge in [-0.1, -0.05) is 55.9 Å². The van der Waals surface area contributed by atoms with Crippen molar-refractivity contribution in [3.8, 4) is 28.6 Å². The lowest BCUT2D eigenvalue weighted by molar-refractivity contribution is -0.274. The van der Waals surface area contributed by atoms with E-state index in [0.29, 0.717) is 33.7 Å². The maximum absolute atomic E-state index is 12.8. The second-order valence-corrected chi connectivity index (χ2v) is 10.8. The molecule has 1 aliphatic heterocycles. The molecule has 1 saturated heterocycles. The maximum Gasteiger partial charge on any atom is 0.573 e. The Kier molecular flexibility index (Phi) is 8.90. The maximum atomic E-state index is 12.8. The van der Waals surface area contributed by atoms with Gasteiger partial charge in [-0.2, -0.15) is 4.99 Å². The molecule has 14 heteroatoms. The van der Waals surface area contributed by atoms with Crippen LogP contribution in [0.1, 0.15) is 30.9 Å². The Bertz CT molecular complexity index is 1690. The third-order valence-corrected chi connectivity index (χ3v) is 7.47. The number of nitrogens with zero attached hydrogens (tertiary/aromatic N) is 5. The van der Waals surface area contributed by atoms with Crippen LogP contribution >= 0.6 is 11.8 Å². The Hall–Kier alpha value is -4.85. The Morgan fingerprint density at radius 3 is 2.43 bits per heavy atom. The molecule has 0 bridgehead atoms. The average Bonchev–Trinajstić information content (AvgIpc) is 3.62. The number of anilines is 1. The first-order valence-electron chi connectivity index (χ1n) is 13.4. The molecular weight excluding hydrogens is 597 g/mol. The molecule has 1 N–H and O–H groups in total. The van der Waals surface area contributed by atoms with Gasteiger partial charge in [0.2, 0.25) is 5.91 Å². The fourth-order valence-electron chi connectivity index (χ4n) is 4.41. The molecular formula is C30H27F3N6O4S. The number of aromatic nitrogens is 3. The van der Waals surface area contributed by atoms with Crippen LogP contribution in [0.15, 0.2) is 78.0 Å². The molecule has 1 aliphatic rings. The number of benzene rings is 3. The van der Waals surface area contributed by atoms with Crippen LogP contribution in [0.4, 0.5) is 23.7 Å². The van der Waals surface area contributed by atoms with E-state index >= 15 is 0 Å². The molecule has 4 aromatic rings. The zero-order valence-corrected chi connectivity index (χ0v) is 24.6. The van der Waals surface area contributed by atoms with Gasteiger partial charge in [0, 0.05) is 18.2 Å². The Morgan fingerprint density at radius 2 is 1.77 bits per heavy atom. The molecule has 0 aliphatic carbocycles. The summed E-state index contributed by atoms with van der Waals surface area (Å²) in [5, 5.41) is 7.45. The van der Waals surface area contributed by atoms with Crippen LogP contribution in [-0.2, 0) is 11.3 Å². The first-order valence-corrected chi connectivity index (χ1v) is 14.4. The van der Waals surface area contributed by atoms with Gasteiger partial charge < -0.3 is 14.8 Å². The highest BCUT2D eigenvalue weighted by molar-refractivity contribution is 8.15. The monoisotopic (exact) mass is 624 g/mol. The summed E-state index contributed by atoms with van der Waals surface area (Å²) in [6.07, 6.45) is -3.32. The van der Waals surface area contributed by atoms with Gasteiger partial charge in [0.25, 0.3) is 0 Å². The quantitative estimate of drug-likeness (QED) is 0.245. The molecule has 0 unspecified atom stereocenters. The number of thioether (sulfide) groups is 1. The summed E-state index contributed by atoms with van der Waals surface area (Å²) in [5.41, 5.74) is 3.57. The molecule has 0 spiro atoms. The molecule has 2 heterocycles. The summed E-state index contributed by atoms with van der Waals surface area (Å²) in [4.78, 5) is 35.5. The number of urea groups is 1. The Morgan fingerprint density at radius 1 is 1.07 bits per heavy atom. The highest BCUT2D eigenvalue weighted by atomic mass is 32.2. The lowest BCUT2D eigenvalue weighted by atomic mass is 10.00. The fourth-order valence-corrected chi connectivity index (χ4v) is 5.27. The summed E-state index contributed by atoms with van der Waals surface area (Å²) in [6.45, 7) is 4.24. The van der Waals surface area contributed by atoms with Crippen molar-refractivity contribution < 1.29 is 32.2 Å². The first-order chi connectivity index (χ1) is 21.0. The lowest BCUT2D eigenvalue weighted by Crippen LogP contribution is -2.32. The standard InChI is InChI=1S/C30H27F3N6O4S/c1-18(2)24-13-12-23(42-3)14-25(24)39-26(40)16-44-29(39)36-28(41)34-15-19-4-6-20(7-5-19)27-35-17-38(37-27)21-8-10-22(11-9-21)43-30(31,32)33/h4-14,17-18H,15-16H2,1-3H3,(H,34,41)/b36-29-. The second kappa shape index (κ2) is 12.8. The highest BCUT2D eigenvalue weighted by Gasteiger charge is 2.33. The number of hydrogen-bond donors (Lipinski definition) is 1. The van der Waals surface area contributed by atoms with Gasteiger partial charge in [0.05, 0.1) is 24.2 Å². The molecule has 0 radical (unpaired) electrons. The first kappa shape index (κ1) is 30.6. The topological polar surface area (TPSA) is 111 Å². The zero-order valence-electron chi connectivity index (χ0n) is 23.8. The number of amidine groups is 1. The number of carbonyl (C=O) groups excluding carboxylic acids is 2. The highest BCUT2D eigenvalue weighted by Crippen LogP contribution is 2.36. The predicted octanol–water partition coefficient (Wildman–Crippen LogP) is 6.31. The second-order valence-electron chi connectivity index (χ2n) is 9.90. The van der Waals surface area contributed by atoms with Gasteiger partial charge in [-0.15, -0.1) is 18.3 Å². The molecule has 1 aromatic heterocycles. The molecule has 0 atom stereocenters. The van der Waals surface area contributed by atoms with E-state index in [1.54, 1.807) is 37.4 Å². The number of amides is 3. The van der Waals surface area contributed by atoms with Crippen molar-refractivity contribution in [2.24, 2.45) is 4.99 Å². The largest absolute Gasteiger partial charge is 0.573 e. The van der Waals surface area contributed by atoms with Crippen molar-refractivity contribution in [1.29, 1.82) is 0 Å². The number of aliphatic imine (C=N–C) groups is 1. The summed E-state index contributed by atoms with van der Waals surface area (Å²) in [6, 6.07) is 17.4. The molecule has 228 valence electrons. The number of methoxy groups -OCH3 is 1. The predicted molar refractivity (Wildman–Crippen MR) is 160 cm³/mol.